The van der Waals surface area contributed by atoms with Gasteiger partial charge in [-0.05, 0) is 43.5 Å². The van der Waals surface area contributed by atoms with Crippen LogP contribution in [0.4, 0.5) is 23.0 Å². The van der Waals surface area contributed by atoms with Crippen molar-refractivity contribution in [3.63, 3.8) is 0 Å². The Morgan fingerprint density at radius 2 is 1.95 bits per heavy atom. The van der Waals surface area contributed by atoms with Crippen molar-refractivity contribution in [2.75, 3.05) is 48.8 Å². The van der Waals surface area contributed by atoms with E-state index in [2.05, 4.69) is 50.1 Å². The molecule has 2 aromatic carbocycles. The van der Waals surface area contributed by atoms with Crippen LogP contribution in [0.2, 0.25) is 0 Å². The molecule has 37 heavy (non-hydrogen) atoms. The number of amides is 1. The van der Waals surface area contributed by atoms with Crippen molar-refractivity contribution in [1.82, 2.24) is 19.9 Å². The number of aliphatic hydroxyl groups is 1. The summed E-state index contributed by atoms with van der Waals surface area (Å²) in [5.74, 6) is 0.125. The molecule has 188 valence electrons. The SMILES string of the molecule is C=CC(=O)Nc1ccnc(-c2cccc3cnc(Nc4ccc(N5CCN(C)CC5)cc4CO)nc23)c1. The first kappa shape index (κ1) is 24.4. The lowest BCUT2D eigenvalue weighted by atomic mass is 10.1. The number of piperazine rings is 1. The third-order valence-corrected chi connectivity index (χ3v) is 6.47. The van der Waals surface area contributed by atoms with E-state index in [-0.39, 0.29) is 12.5 Å². The van der Waals surface area contributed by atoms with Crippen molar-refractivity contribution in [1.29, 1.82) is 0 Å². The molecule has 9 nitrogen and oxygen atoms in total. The molecular weight excluding hydrogens is 466 g/mol. The lowest BCUT2D eigenvalue weighted by Crippen LogP contribution is -2.44. The van der Waals surface area contributed by atoms with Gasteiger partial charge in [0.15, 0.2) is 0 Å². The summed E-state index contributed by atoms with van der Waals surface area (Å²) >= 11 is 0. The lowest BCUT2D eigenvalue weighted by molar-refractivity contribution is -0.111. The molecule has 1 aliphatic rings. The van der Waals surface area contributed by atoms with Gasteiger partial charge in [-0.2, -0.15) is 0 Å². The van der Waals surface area contributed by atoms with Gasteiger partial charge in [-0.1, -0.05) is 24.8 Å². The van der Waals surface area contributed by atoms with E-state index < -0.39 is 0 Å². The van der Waals surface area contributed by atoms with Crippen molar-refractivity contribution < 1.29 is 9.90 Å². The predicted octanol–water partition coefficient (Wildman–Crippen LogP) is 3.80. The Kier molecular flexibility index (Phi) is 7.07. The third-order valence-electron chi connectivity index (χ3n) is 6.47. The molecule has 3 heterocycles. The minimum Gasteiger partial charge on any atom is -0.392 e. The molecule has 0 spiro atoms. The Labute approximate surface area is 215 Å². The zero-order valence-electron chi connectivity index (χ0n) is 20.7. The molecule has 9 heteroatoms. The van der Waals surface area contributed by atoms with Crippen molar-refractivity contribution in [3.8, 4) is 11.3 Å². The summed E-state index contributed by atoms with van der Waals surface area (Å²) in [6, 6.07) is 15.4. The molecular formula is C28H29N7O2. The highest BCUT2D eigenvalue weighted by Crippen LogP contribution is 2.30. The Morgan fingerprint density at radius 1 is 1.11 bits per heavy atom. The maximum absolute atomic E-state index is 11.7. The number of para-hydroxylation sites is 1. The summed E-state index contributed by atoms with van der Waals surface area (Å²) in [5, 5.41) is 17.0. The van der Waals surface area contributed by atoms with Crippen LogP contribution in [0.1, 0.15) is 5.56 Å². The van der Waals surface area contributed by atoms with Gasteiger partial charge < -0.3 is 25.5 Å². The first-order valence-electron chi connectivity index (χ1n) is 12.1. The number of hydrogen-bond acceptors (Lipinski definition) is 8. The fraction of sp³-hybridized carbons (Fsp3) is 0.214. The molecule has 0 bridgehead atoms. The molecule has 4 aromatic rings. The number of rotatable bonds is 7. The van der Waals surface area contributed by atoms with Crippen molar-refractivity contribution in [2.24, 2.45) is 0 Å². The highest BCUT2D eigenvalue weighted by molar-refractivity contribution is 5.99. The van der Waals surface area contributed by atoms with E-state index in [4.69, 9.17) is 4.98 Å². The van der Waals surface area contributed by atoms with Crippen LogP contribution in [-0.4, -0.2) is 64.1 Å². The van der Waals surface area contributed by atoms with E-state index in [9.17, 15) is 9.90 Å². The molecule has 1 saturated heterocycles. The van der Waals surface area contributed by atoms with Crippen LogP contribution in [0.5, 0.6) is 0 Å². The van der Waals surface area contributed by atoms with Gasteiger partial charge in [0.1, 0.15) is 0 Å². The molecule has 3 N–H and O–H groups in total. The molecule has 0 saturated carbocycles. The van der Waals surface area contributed by atoms with Gasteiger partial charge in [-0.25, -0.2) is 9.97 Å². The smallest absolute Gasteiger partial charge is 0.247 e. The predicted molar refractivity (Wildman–Crippen MR) is 147 cm³/mol. The maximum Gasteiger partial charge on any atom is 0.247 e. The standard InChI is InChI=1S/C28H29N7O2/c1-3-26(37)31-21-9-10-29-25(16-21)23-6-4-5-19-17-30-28(33-27(19)23)32-24-8-7-22(15-20(24)18-36)35-13-11-34(2)12-14-35/h3-10,15-17,36H,1,11-14,18H2,2H3,(H,29,31,37)(H,30,32,33). The minimum absolute atomic E-state index is 0.101. The highest BCUT2D eigenvalue weighted by atomic mass is 16.3. The number of hydrogen-bond donors (Lipinski definition) is 3. The molecule has 0 unspecified atom stereocenters. The van der Waals surface area contributed by atoms with E-state index in [0.29, 0.717) is 17.3 Å². The second-order valence-corrected chi connectivity index (χ2v) is 8.98. The van der Waals surface area contributed by atoms with Crippen molar-refractivity contribution >= 4 is 39.8 Å². The summed E-state index contributed by atoms with van der Waals surface area (Å²) in [7, 11) is 2.13. The second-order valence-electron chi connectivity index (χ2n) is 8.98. The van der Waals surface area contributed by atoms with Gasteiger partial charge in [-0.3, -0.25) is 9.78 Å². The molecule has 1 fully saturated rings. The fourth-order valence-electron chi connectivity index (χ4n) is 4.39. The largest absolute Gasteiger partial charge is 0.392 e. The molecule has 1 amide bonds. The van der Waals surface area contributed by atoms with Gasteiger partial charge in [0.05, 0.1) is 17.8 Å². The number of carbonyl (C=O) groups excluding carboxylic acids is 1. The molecule has 0 aliphatic carbocycles. The summed E-state index contributed by atoms with van der Waals surface area (Å²) in [4.78, 5) is 30.2. The molecule has 1 aliphatic heterocycles. The van der Waals surface area contributed by atoms with Crippen molar-refractivity contribution in [3.05, 3.63) is 79.1 Å². The minimum atomic E-state index is -0.290. The van der Waals surface area contributed by atoms with E-state index in [0.717, 1.165) is 59.6 Å². The number of nitrogens with one attached hydrogen (secondary N) is 2. The second kappa shape index (κ2) is 10.7. The summed E-state index contributed by atoms with van der Waals surface area (Å²) in [6.45, 7) is 7.33. The average molecular weight is 496 g/mol. The van der Waals surface area contributed by atoms with Gasteiger partial charge in [0, 0.05) is 72.1 Å². The number of benzene rings is 2. The number of aliphatic hydroxyl groups excluding tert-OH is 1. The Balaban J connectivity index is 1.44. The van der Waals surface area contributed by atoms with Crippen LogP contribution in [0.3, 0.4) is 0 Å². The van der Waals surface area contributed by atoms with Crippen LogP contribution in [0.25, 0.3) is 22.2 Å². The number of pyridine rings is 1. The van der Waals surface area contributed by atoms with Gasteiger partial charge >= 0.3 is 0 Å². The zero-order chi connectivity index (χ0) is 25.8. The molecule has 2 aromatic heterocycles. The fourth-order valence-corrected chi connectivity index (χ4v) is 4.39. The number of fused-ring (bicyclic) bond motifs is 1. The first-order valence-corrected chi connectivity index (χ1v) is 12.1. The Bertz CT molecular complexity index is 1450. The zero-order valence-corrected chi connectivity index (χ0v) is 20.7. The van der Waals surface area contributed by atoms with Crippen LogP contribution >= 0.6 is 0 Å². The number of anilines is 4. The van der Waals surface area contributed by atoms with E-state index in [1.54, 1.807) is 24.5 Å². The van der Waals surface area contributed by atoms with E-state index in [1.807, 2.05) is 30.3 Å². The van der Waals surface area contributed by atoms with Gasteiger partial charge in [-0.15, -0.1) is 0 Å². The average Bonchev–Trinajstić information content (AvgIpc) is 2.93. The quantitative estimate of drug-likeness (QED) is 0.333. The number of likely N-dealkylation sites (N-methyl/N-ethyl adjacent to an activating group) is 1. The Hall–Kier alpha value is -4.34. The van der Waals surface area contributed by atoms with Gasteiger partial charge in [0.2, 0.25) is 11.9 Å². The molecule has 0 radical (unpaired) electrons. The number of aromatic nitrogens is 3. The lowest BCUT2D eigenvalue weighted by Gasteiger charge is -2.34. The number of nitrogens with zero attached hydrogens (tertiary/aromatic N) is 5. The number of carbonyl (C=O) groups is 1. The maximum atomic E-state index is 11.7. The van der Waals surface area contributed by atoms with E-state index in [1.165, 1.54) is 6.08 Å². The monoisotopic (exact) mass is 495 g/mol. The Morgan fingerprint density at radius 3 is 2.73 bits per heavy atom. The van der Waals surface area contributed by atoms with Crippen LogP contribution < -0.4 is 15.5 Å². The van der Waals surface area contributed by atoms with Gasteiger partial charge in [0.25, 0.3) is 0 Å². The highest BCUT2D eigenvalue weighted by Gasteiger charge is 2.16. The van der Waals surface area contributed by atoms with Crippen molar-refractivity contribution in [2.45, 2.75) is 6.61 Å². The topological polar surface area (TPSA) is 107 Å². The van der Waals surface area contributed by atoms with E-state index >= 15 is 0 Å². The summed E-state index contributed by atoms with van der Waals surface area (Å²) in [5.41, 5.74) is 5.45. The normalized spacial score (nSPS) is 13.9. The van der Waals surface area contributed by atoms with Crippen LogP contribution in [0.15, 0.2) is 73.6 Å². The first-order chi connectivity index (χ1) is 18.0. The van der Waals surface area contributed by atoms with Crippen LogP contribution in [-0.2, 0) is 11.4 Å². The summed E-state index contributed by atoms with van der Waals surface area (Å²) < 4.78 is 0. The third kappa shape index (κ3) is 5.42. The van der Waals surface area contributed by atoms with Crippen LogP contribution in [0, 0.1) is 0 Å². The molecule has 5 rings (SSSR count). The molecule has 0 atom stereocenters. The summed E-state index contributed by atoms with van der Waals surface area (Å²) in [6.07, 6.45) is 4.62.